The molecule has 2 aromatic carbocycles. The molecule has 0 spiro atoms. The Balaban J connectivity index is 2.64. The largest absolute Gasteiger partial charge is 0.508 e. The number of phenolic OH excluding ortho intramolecular Hbond substituents is 2. The van der Waals surface area contributed by atoms with Crippen LogP contribution >= 0.6 is 0 Å². The lowest BCUT2D eigenvalue weighted by Gasteiger charge is -2.31. The Morgan fingerprint density at radius 1 is 0.900 bits per heavy atom. The number of Topliss-reactive ketones (excluding diaryl/α,β-unsaturated/α-hetero) is 1. The van der Waals surface area contributed by atoms with E-state index in [9.17, 15) is 15.0 Å². The van der Waals surface area contributed by atoms with Gasteiger partial charge in [0.05, 0.1) is 5.41 Å². The average Bonchev–Trinajstić information content (AvgIpc) is 2.43. The quantitative estimate of drug-likeness (QED) is 0.895. The summed E-state index contributed by atoms with van der Waals surface area (Å²) in [7, 11) is 0. The molecule has 2 rings (SSSR count). The van der Waals surface area contributed by atoms with Crippen molar-refractivity contribution in [3.8, 4) is 11.5 Å². The van der Waals surface area contributed by atoms with Crippen molar-refractivity contribution in [2.75, 3.05) is 0 Å². The molecule has 0 fully saturated rings. The van der Waals surface area contributed by atoms with Crippen LogP contribution in [0.2, 0.25) is 0 Å². The summed E-state index contributed by atoms with van der Waals surface area (Å²) in [6.07, 6.45) is 0.609. The third-order valence-corrected chi connectivity index (χ3v) is 3.85. The molecule has 104 valence electrons. The van der Waals surface area contributed by atoms with Crippen LogP contribution < -0.4 is 0 Å². The summed E-state index contributed by atoms with van der Waals surface area (Å²) < 4.78 is 0. The van der Waals surface area contributed by atoms with Gasteiger partial charge in [-0.25, -0.2) is 0 Å². The molecule has 0 bridgehead atoms. The fraction of sp³-hybridized carbons (Fsp3) is 0.235. The molecule has 2 N–H and O–H groups in total. The number of aromatic hydroxyl groups is 2. The number of hydrogen-bond acceptors (Lipinski definition) is 3. The van der Waals surface area contributed by atoms with E-state index in [-0.39, 0.29) is 17.3 Å². The molecule has 0 aliphatic rings. The minimum absolute atomic E-state index is 0.0383. The van der Waals surface area contributed by atoms with Gasteiger partial charge in [-0.3, -0.25) is 4.79 Å². The molecule has 20 heavy (non-hydrogen) atoms. The van der Waals surface area contributed by atoms with E-state index < -0.39 is 5.41 Å². The molecule has 0 heterocycles. The number of hydrogen-bond donors (Lipinski definition) is 2. The van der Waals surface area contributed by atoms with Crippen molar-refractivity contribution in [3.63, 3.8) is 0 Å². The van der Waals surface area contributed by atoms with Crippen LogP contribution in [-0.4, -0.2) is 16.0 Å². The molecule has 0 aliphatic heterocycles. The van der Waals surface area contributed by atoms with Gasteiger partial charge in [0.1, 0.15) is 17.3 Å². The fourth-order valence-corrected chi connectivity index (χ4v) is 2.72. The minimum Gasteiger partial charge on any atom is -0.508 e. The zero-order valence-corrected chi connectivity index (χ0v) is 11.6. The van der Waals surface area contributed by atoms with E-state index >= 15 is 0 Å². The van der Waals surface area contributed by atoms with Crippen molar-refractivity contribution < 1.29 is 15.0 Å². The monoisotopic (exact) mass is 270 g/mol. The summed E-state index contributed by atoms with van der Waals surface area (Å²) >= 11 is 0. The van der Waals surface area contributed by atoms with Crippen LogP contribution in [0.4, 0.5) is 0 Å². The average molecular weight is 270 g/mol. The molecule has 0 aromatic heterocycles. The van der Waals surface area contributed by atoms with E-state index in [1.165, 1.54) is 0 Å². The third kappa shape index (κ3) is 2.27. The van der Waals surface area contributed by atoms with Gasteiger partial charge in [-0.15, -0.1) is 0 Å². The van der Waals surface area contributed by atoms with E-state index in [1.807, 2.05) is 6.92 Å². The topological polar surface area (TPSA) is 57.5 Å². The Bertz CT molecular complexity index is 552. The predicted octanol–water partition coefficient (Wildman–Crippen LogP) is 3.38. The summed E-state index contributed by atoms with van der Waals surface area (Å²) in [6, 6.07) is 13.4. The van der Waals surface area contributed by atoms with Crippen LogP contribution in [-0.2, 0) is 10.2 Å². The van der Waals surface area contributed by atoms with Crippen LogP contribution in [0.1, 0.15) is 31.4 Å². The highest BCUT2D eigenvalue weighted by atomic mass is 16.3. The number of ketones is 1. The lowest BCUT2D eigenvalue weighted by Crippen LogP contribution is -2.34. The van der Waals surface area contributed by atoms with Crippen molar-refractivity contribution in [3.05, 3.63) is 59.7 Å². The number of carbonyl (C=O) groups is 1. The highest BCUT2D eigenvalue weighted by Crippen LogP contribution is 2.37. The van der Waals surface area contributed by atoms with Gasteiger partial charge in [-0.1, -0.05) is 31.2 Å². The second kappa shape index (κ2) is 5.37. The van der Waals surface area contributed by atoms with Crippen molar-refractivity contribution in [1.29, 1.82) is 0 Å². The highest BCUT2D eigenvalue weighted by molar-refractivity contribution is 5.92. The number of benzene rings is 2. The molecule has 3 nitrogen and oxygen atoms in total. The van der Waals surface area contributed by atoms with Gasteiger partial charge >= 0.3 is 0 Å². The van der Waals surface area contributed by atoms with Gasteiger partial charge in [0.2, 0.25) is 0 Å². The van der Waals surface area contributed by atoms with Crippen LogP contribution in [0.15, 0.2) is 48.5 Å². The third-order valence-electron chi connectivity index (χ3n) is 3.85. The first-order valence-electron chi connectivity index (χ1n) is 6.60. The molecule has 0 aliphatic carbocycles. The van der Waals surface area contributed by atoms with E-state index in [0.29, 0.717) is 6.42 Å². The lowest BCUT2D eigenvalue weighted by molar-refractivity contribution is -0.121. The van der Waals surface area contributed by atoms with Crippen LogP contribution in [0.25, 0.3) is 0 Å². The maximum absolute atomic E-state index is 12.3. The molecular weight excluding hydrogens is 252 g/mol. The predicted molar refractivity (Wildman–Crippen MR) is 78.0 cm³/mol. The maximum atomic E-state index is 12.3. The molecule has 0 unspecified atom stereocenters. The van der Waals surface area contributed by atoms with Crippen molar-refractivity contribution in [2.24, 2.45) is 0 Å². The second-order valence-electron chi connectivity index (χ2n) is 4.91. The second-order valence-corrected chi connectivity index (χ2v) is 4.91. The Morgan fingerprint density at radius 3 is 1.50 bits per heavy atom. The minimum atomic E-state index is -0.749. The Kier molecular flexibility index (Phi) is 3.79. The maximum Gasteiger partial charge on any atom is 0.144 e. The SMILES string of the molecule is CCC(C(C)=O)(c1ccc(O)cc1)c1ccc(O)cc1. The van der Waals surface area contributed by atoms with Crippen LogP contribution in [0.3, 0.4) is 0 Å². The van der Waals surface area contributed by atoms with E-state index in [2.05, 4.69) is 0 Å². The van der Waals surface area contributed by atoms with Gasteiger partial charge in [-0.2, -0.15) is 0 Å². The van der Waals surface area contributed by atoms with Crippen molar-refractivity contribution in [1.82, 2.24) is 0 Å². The molecule has 0 saturated heterocycles. The van der Waals surface area contributed by atoms with Crippen molar-refractivity contribution in [2.45, 2.75) is 25.7 Å². The molecule has 0 atom stereocenters. The van der Waals surface area contributed by atoms with Gasteiger partial charge in [0, 0.05) is 0 Å². The lowest BCUT2D eigenvalue weighted by atomic mass is 9.70. The molecule has 2 aromatic rings. The van der Waals surface area contributed by atoms with Crippen LogP contribution in [0.5, 0.6) is 11.5 Å². The first-order valence-corrected chi connectivity index (χ1v) is 6.60. The van der Waals surface area contributed by atoms with Gasteiger partial charge in [0.25, 0.3) is 0 Å². The molecular formula is C17H18O3. The smallest absolute Gasteiger partial charge is 0.144 e. The van der Waals surface area contributed by atoms with Gasteiger partial charge < -0.3 is 10.2 Å². The Hall–Kier alpha value is -2.29. The highest BCUT2D eigenvalue weighted by Gasteiger charge is 2.37. The van der Waals surface area contributed by atoms with E-state index in [1.54, 1.807) is 55.5 Å². The summed E-state index contributed by atoms with van der Waals surface area (Å²) in [6.45, 7) is 3.53. The summed E-state index contributed by atoms with van der Waals surface area (Å²) in [5.74, 6) is 0.386. The molecule has 0 radical (unpaired) electrons. The number of phenols is 2. The van der Waals surface area contributed by atoms with E-state index in [4.69, 9.17) is 0 Å². The zero-order valence-electron chi connectivity index (χ0n) is 11.6. The summed E-state index contributed by atoms with van der Waals surface area (Å²) in [4.78, 5) is 12.3. The number of rotatable bonds is 4. The van der Waals surface area contributed by atoms with E-state index in [0.717, 1.165) is 11.1 Å². The standard InChI is InChI=1S/C17H18O3/c1-3-17(12(2)18,13-4-8-15(19)9-5-13)14-6-10-16(20)11-7-14/h4-11,19-20H,3H2,1-2H3. The Morgan fingerprint density at radius 2 is 1.25 bits per heavy atom. The van der Waals surface area contributed by atoms with Gasteiger partial charge in [0.15, 0.2) is 0 Å². The molecule has 0 saturated carbocycles. The normalized spacial score (nSPS) is 11.3. The number of carbonyl (C=O) groups excluding carboxylic acids is 1. The molecule has 0 amide bonds. The summed E-state index contributed by atoms with van der Waals surface area (Å²) in [5.41, 5.74) is 0.938. The van der Waals surface area contributed by atoms with Gasteiger partial charge in [-0.05, 0) is 48.7 Å². The van der Waals surface area contributed by atoms with Crippen LogP contribution in [0, 0.1) is 0 Å². The zero-order chi connectivity index (χ0) is 14.8. The fourth-order valence-electron chi connectivity index (χ4n) is 2.72. The van der Waals surface area contributed by atoms with Crippen molar-refractivity contribution >= 4 is 5.78 Å². The molecule has 3 heteroatoms. The first kappa shape index (κ1) is 14.1. The first-order chi connectivity index (χ1) is 9.50. The Labute approximate surface area is 118 Å². The summed E-state index contributed by atoms with van der Waals surface area (Å²) in [5, 5.41) is 18.8.